The molecular formula is C53H38BN2. The van der Waals surface area contributed by atoms with Crippen molar-refractivity contribution in [3.05, 3.63) is 198 Å². The molecule has 1 N–H and O–H groups in total. The van der Waals surface area contributed by atoms with Crippen molar-refractivity contribution in [1.82, 2.24) is 4.57 Å². The largest absolute Gasteiger partial charge is 0.354 e. The number of rotatable bonds is 4. The van der Waals surface area contributed by atoms with E-state index in [1.165, 1.54) is 105 Å². The molecule has 1 aromatic heterocycles. The monoisotopic (exact) mass is 713 g/mol. The highest BCUT2D eigenvalue weighted by Gasteiger charge is 2.42. The lowest BCUT2D eigenvalue weighted by Gasteiger charge is -2.40. The van der Waals surface area contributed by atoms with E-state index in [9.17, 15) is 0 Å². The fourth-order valence-electron chi connectivity index (χ4n) is 10.6. The average molecular weight is 714 g/mol. The van der Waals surface area contributed by atoms with E-state index in [1.54, 1.807) is 0 Å². The smallest absolute Gasteiger partial charge is 0.197 e. The van der Waals surface area contributed by atoms with Crippen molar-refractivity contribution in [3.63, 3.8) is 0 Å². The van der Waals surface area contributed by atoms with E-state index in [0.29, 0.717) is 0 Å². The van der Waals surface area contributed by atoms with Crippen molar-refractivity contribution in [2.75, 3.05) is 5.32 Å². The second kappa shape index (κ2) is 11.2. The van der Waals surface area contributed by atoms with Gasteiger partial charge in [0.1, 0.15) is 0 Å². The summed E-state index contributed by atoms with van der Waals surface area (Å²) in [6.07, 6.45) is 0. The molecule has 3 heteroatoms. The van der Waals surface area contributed by atoms with Gasteiger partial charge in [0.2, 0.25) is 0 Å². The van der Waals surface area contributed by atoms with Gasteiger partial charge in [0, 0.05) is 44.1 Å². The number of nitrogens with zero attached hydrogens (tertiary/aromatic N) is 1. The lowest BCUT2D eigenvalue weighted by Crippen LogP contribution is -2.41. The molecule has 3 aliphatic heterocycles. The zero-order chi connectivity index (χ0) is 37.3. The molecule has 0 saturated heterocycles. The van der Waals surface area contributed by atoms with Gasteiger partial charge in [0.25, 0.3) is 0 Å². The van der Waals surface area contributed by atoms with Crippen LogP contribution in [0, 0.1) is 0 Å². The molecule has 1 atom stereocenters. The van der Waals surface area contributed by atoms with Crippen LogP contribution in [0.4, 0.5) is 11.4 Å². The van der Waals surface area contributed by atoms with Gasteiger partial charge < -0.3 is 9.88 Å². The van der Waals surface area contributed by atoms with Crippen LogP contribution in [0.5, 0.6) is 0 Å². The first-order valence-electron chi connectivity index (χ1n) is 19.8. The number of fused-ring (bicyclic) bond motifs is 3. The summed E-state index contributed by atoms with van der Waals surface area (Å²) in [7, 11) is 2.48. The van der Waals surface area contributed by atoms with Crippen molar-refractivity contribution in [1.29, 1.82) is 0 Å². The second-order valence-electron chi connectivity index (χ2n) is 16.5. The lowest BCUT2D eigenvalue weighted by atomic mass is 9.57. The molecule has 1 unspecified atom stereocenters. The zero-order valence-corrected chi connectivity index (χ0v) is 31.7. The van der Waals surface area contributed by atoms with Crippen LogP contribution >= 0.6 is 0 Å². The van der Waals surface area contributed by atoms with Gasteiger partial charge in [0.05, 0.1) is 11.2 Å². The Morgan fingerprint density at radius 2 is 1.14 bits per heavy atom. The van der Waals surface area contributed by atoms with Crippen molar-refractivity contribution in [2.24, 2.45) is 0 Å². The average Bonchev–Trinajstić information content (AvgIpc) is 3.60. The van der Waals surface area contributed by atoms with Crippen molar-refractivity contribution < 1.29 is 0 Å². The Balaban J connectivity index is 1.25. The highest BCUT2D eigenvalue weighted by Crippen LogP contribution is 2.54. The highest BCUT2D eigenvalue weighted by atomic mass is 15.0. The van der Waals surface area contributed by atoms with Crippen LogP contribution < -0.4 is 16.2 Å². The lowest BCUT2D eigenvalue weighted by molar-refractivity contribution is 0.631. The summed E-state index contributed by atoms with van der Waals surface area (Å²) in [6, 6.07) is 63.1. The van der Waals surface area contributed by atoms with Crippen molar-refractivity contribution in [2.45, 2.75) is 31.6 Å². The van der Waals surface area contributed by atoms with Gasteiger partial charge in [-0.15, -0.1) is 0 Å². The Hall–Kier alpha value is -6.58. The summed E-state index contributed by atoms with van der Waals surface area (Å²) in [6.45, 7) is 7.19. The van der Waals surface area contributed by atoms with E-state index >= 15 is 0 Å². The van der Waals surface area contributed by atoms with E-state index in [2.05, 4.69) is 208 Å². The van der Waals surface area contributed by atoms with E-state index in [-0.39, 0.29) is 10.8 Å². The molecule has 56 heavy (non-hydrogen) atoms. The van der Waals surface area contributed by atoms with E-state index < -0.39 is 0 Å². The molecule has 0 bridgehead atoms. The summed E-state index contributed by atoms with van der Waals surface area (Å²) in [5.41, 5.74) is 22.3. The Morgan fingerprint density at radius 1 is 0.500 bits per heavy atom. The molecule has 4 heterocycles. The van der Waals surface area contributed by atoms with Gasteiger partial charge in [-0.3, -0.25) is 0 Å². The highest BCUT2D eigenvalue weighted by molar-refractivity contribution is 6.73. The summed E-state index contributed by atoms with van der Waals surface area (Å²) in [5.74, 6) is 0. The number of aromatic nitrogens is 1. The number of anilines is 2. The van der Waals surface area contributed by atoms with E-state index in [1.807, 2.05) is 0 Å². The molecule has 12 rings (SSSR count). The van der Waals surface area contributed by atoms with Crippen LogP contribution in [0.3, 0.4) is 0 Å². The molecule has 0 amide bonds. The third-order valence-corrected chi connectivity index (χ3v) is 13.3. The summed E-state index contributed by atoms with van der Waals surface area (Å²) >= 11 is 0. The topological polar surface area (TPSA) is 17.0 Å². The van der Waals surface area contributed by atoms with Gasteiger partial charge in [0.15, 0.2) is 7.28 Å². The molecule has 0 saturated carbocycles. The van der Waals surface area contributed by atoms with Crippen LogP contribution in [0.1, 0.15) is 48.6 Å². The van der Waals surface area contributed by atoms with Gasteiger partial charge in [-0.05, 0) is 80.2 Å². The molecule has 1 radical (unpaired) electrons. The first kappa shape index (κ1) is 31.7. The molecule has 2 nitrogen and oxygen atoms in total. The Bertz CT molecular complexity index is 3120. The predicted octanol–water partition coefficient (Wildman–Crippen LogP) is 11.8. The second-order valence-corrected chi connectivity index (χ2v) is 16.5. The minimum Gasteiger partial charge on any atom is -0.354 e. The molecule has 0 fully saturated rings. The van der Waals surface area contributed by atoms with Gasteiger partial charge in [-0.2, -0.15) is 0 Å². The molecule has 8 aromatic carbocycles. The summed E-state index contributed by atoms with van der Waals surface area (Å²) in [4.78, 5) is 0. The fourth-order valence-corrected chi connectivity index (χ4v) is 10.6. The quantitative estimate of drug-likeness (QED) is 0.180. The zero-order valence-electron chi connectivity index (χ0n) is 31.7. The van der Waals surface area contributed by atoms with Crippen LogP contribution in [-0.2, 0) is 10.8 Å². The summed E-state index contributed by atoms with van der Waals surface area (Å²) in [5, 5.41) is 6.64. The SMILES string of the molecule is CC1(C)c2cccc3c2-n2c4c1cccc4c1c(-c4ccccc4-c4ccccc4)cc(-c4cccc5c4Nc4ccccc4C5(C)c4ccccc4)c(c12)[B]3. The number of para-hydroxylation sites is 4. The molecular weight excluding hydrogens is 675 g/mol. The number of nitrogens with one attached hydrogen (secondary N) is 1. The van der Waals surface area contributed by atoms with Gasteiger partial charge in [-0.25, -0.2) is 0 Å². The normalized spacial score (nSPS) is 16.6. The maximum Gasteiger partial charge on any atom is 0.197 e. The predicted molar refractivity (Wildman–Crippen MR) is 236 cm³/mol. The standard InChI is InChI=1S/C53H38BN2/c1-52(2)42-27-15-24-37-46-38(35-22-11-10-21-34(35)32-17-6-4-7-18-32)31-39(47-51(46)56(49(37)42)50-43(52)28-16-29-44(50)54-47)36-23-14-26-41-48(36)55-45-30-13-12-25-40(45)53(41,3)33-19-8-5-9-20-33/h4-31,55H,1-3H3. The molecule has 263 valence electrons. The van der Waals surface area contributed by atoms with Crippen molar-refractivity contribution >= 4 is 51.4 Å². The first-order chi connectivity index (χ1) is 27.4. The van der Waals surface area contributed by atoms with Gasteiger partial charge >= 0.3 is 0 Å². The minimum atomic E-state index is -0.361. The van der Waals surface area contributed by atoms with Crippen LogP contribution in [0.2, 0.25) is 0 Å². The van der Waals surface area contributed by atoms with E-state index in [0.717, 1.165) is 5.69 Å². The Labute approximate surface area is 328 Å². The summed E-state index contributed by atoms with van der Waals surface area (Å²) < 4.78 is 2.63. The number of hydrogen-bond acceptors (Lipinski definition) is 1. The van der Waals surface area contributed by atoms with Gasteiger partial charge in [-0.1, -0.05) is 177 Å². The third-order valence-electron chi connectivity index (χ3n) is 13.3. The van der Waals surface area contributed by atoms with Crippen LogP contribution in [0.25, 0.3) is 60.9 Å². The maximum absolute atomic E-state index is 4.02. The number of hydrogen-bond donors (Lipinski definition) is 1. The van der Waals surface area contributed by atoms with Crippen LogP contribution in [-0.4, -0.2) is 11.8 Å². The first-order valence-corrected chi connectivity index (χ1v) is 19.8. The van der Waals surface area contributed by atoms with E-state index in [4.69, 9.17) is 0 Å². The van der Waals surface area contributed by atoms with Crippen LogP contribution in [0.15, 0.2) is 170 Å². The molecule has 0 spiro atoms. The molecule has 3 aliphatic rings. The molecule has 0 aliphatic carbocycles. The third kappa shape index (κ3) is 4.02. The number of benzene rings is 8. The maximum atomic E-state index is 4.02. The Kier molecular flexibility index (Phi) is 6.37. The Morgan fingerprint density at radius 3 is 1.98 bits per heavy atom. The van der Waals surface area contributed by atoms with Crippen molar-refractivity contribution in [3.8, 4) is 39.1 Å². The fraction of sp³-hybridized carbons (Fsp3) is 0.0943. The molecule has 9 aromatic rings. The minimum absolute atomic E-state index is 0.150.